The van der Waals surface area contributed by atoms with Gasteiger partial charge in [0.25, 0.3) is 0 Å². The van der Waals surface area contributed by atoms with E-state index in [0.29, 0.717) is 12.4 Å². The van der Waals surface area contributed by atoms with Crippen molar-refractivity contribution in [2.24, 2.45) is 0 Å². The molecule has 0 aliphatic carbocycles. The average Bonchev–Trinajstić information content (AvgIpc) is 2.58. The predicted molar refractivity (Wildman–Crippen MR) is 72.5 cm³/mol. The van der Waals surface area contributed by atoms with E-state index in [2.05, 4.69) is 6.58 Å². The van der Waals surface area contributed by atoms with Crippen molar-refractivity contribution in [2.75, 3.05) is 5.88 Å². The van der Waals surface area contributed by atoms with Crippen LogP contribution in [0.5, 0.6) is 0 Å². The maximum absolute atomic E-state index is 12.3. The lowest BCUT2D eigenvalue weighted by Gasteiger charge is -2.00. The maximum Gasteiger partial charge on any atom is 0.333 e. The fourth-order valence-electron chi connectivity index (χ4n) is 2.01. The normalized spacial score (nSPS) is 10.9. The Bertz CT molecular complexity index is 609. The van der Waals surface area contributed by atoms with Crippen molar-refractivity contribution in [3.63, 3.8) is 0 Å². The molecule has 0 amide bonds. The summed E-state index contributed by atoms with van der Waals surface area (Å²) in [6, 6.07) is 7.74. The van der Waals surface area contributed by atoms with Crippen LogP contribution in [0.15, 0.2) is 35.6 Å². The first kappa shape index (κ1) is 12.0. The SMILES string of the molecule is C=C(C)n1c(=O)n(CCCCl)c2ccccc21. The minimum absolute atomic E-state index is 0.0381. The predicted octanol–water partition coefficient (Wildman–Crippen LogP) is 2.92. The number of benzene rings is 1. The first-order valence-electron chi connectivity index (χ1n) is 5.59. The zero-order chi connectivity index (χ0) is 12.4. The van der Waals surface area contributed by atoms with Crippen LogP contribution in [0.1, 0.15) is 13.3 Å². The molecule has 0 aliphatic heterocycles. The molecule has 3 nitrogen and oxygen atoms in total. The highest BCUT2D eigenvalue weighted by molar-refractivity contribution is 6.17. The Labute approximate surface area is 105 Å². The van der Waals surface area contributed by atoms with Gasteiger partial charge in [0.15, 0.2) is 0 Å². The van der Waals surface area contributed by atoms with Crippen molar-refractivity contribution < 1.29 is 0 Å². The molecule has 4 heteroatoms. The standard InChI is InChI=1S/C13H15ClN2O/c1-10(2)16-12-7-4-3-6-11(12)15(13(16)17)9-5-8-14/h3-4,6-7H,1,5,8-9H2,2H3. The van der Waals surface area contributed by atoms with Gasteiger partial charge in [-0.15, -0.1) is 11.6 Å². The van der Waals surface area contributed by atoms with Crippen LogP contribution in [0.25, 0.3) is 16.7 Å². The van der Waals surface area contributed by atoms with Crippen LogP contribution < -0.4 is 5.69 Å². The number of aryl methyl sites for hydroxylation is 1. The number of imidazole rings is 1. The number of para-hydroxylation sites is 2. The smallest absolute Gasteiger partial charge is 0.292 e. The fourth-order valence-corrected chi connectivity index (χ4v) is 2.13. The number of rotatable bonds is 4. The van der Waals surface area contributed by atoms with Gasteiger partial charge in [0.2, 0.25) is 0 Å². The van der Waals surface area contributed by atoms with E-state index < -0.39 is 0 Å². The summed E-state index contributed by atoms with van der Waals surface area (Å²) in [5.41, 5.74) is 2.53. The number of alkyl halides is 1. The van der Waals surface area contributed by atoms with Crippen molar-refractivity contribution in [3.05, 3.63) is 41.3 Å². The molecular formula is C13H15ClN2O. The lowest BCUT2D eigenvalue weighted by molar-refractivity contribution is 0.668. The average molecular weight is 251 g/mol. The highest BCUT2D eigenvalue weighted by Crippen LogP contribution is 2.15. The maximum atomic E-state index is 12.3. The van der Waals surface area contributed by atoms with Gasteiger partial charge in [0.1, 0.15) is 0 Å². The molecule has 0 saturated carbocycles. The number of allylic oxidation sites excluding steroid dienone is 1. The third kappa shape index (κ3) is 2.03. The highest BCUT2D eigenvalue weighted by Gasteiger charge is 2.12. The topological polar surface area (TPSA) is 26.9 Å². The van der Waals surface area contributed by atoms with E-state index in [9.17, 15) is 4.79 Å². The monoisotopic (exact) mass is 250 g/mol. The molecular weight excluding hydrogens is 236 g/mol. The third-order valence-corrected chi connectivity index (χ3v) is 3.00. The van der Waals surface area contributed by atoms with E-state index in [1.54, 1.807) is 9.13 Å². The molecule has 1 aromatic heterocycles. The molecule has 2 aromatic rings. The molecule has 0 saturated heterocycles. The van der Waals surface area contributed by atoms with E-state index in [1.807, 2.05) is 31.2 Å². The lowest BCUT2D eigenvalue weighted by Crippen LogP contribution is -2.23. The van der Waals surface area contributed by atoms with Gasteiger partial charge in [-0.3, -0.25) is 9.13 Å². The summed E-state index contributed by atoms with van der Waals surface area (Å²) in [4.78, 5) is 12.3. The van der Waals surface area contributed by atoms with E-state index in [4.69, 9.17) is 11.6 Å². The van der Waals surface area contributed by atoms with E-state index in [0.717, 1.165) is 23.2 Å². The Kier molecular flexibility index (Phi) is 3.38. The first-order chi connectivity index (χ1) is 8.16. The fraction of sp³-hybridized carbons (Fsp3) is 0.308. The molecule has 1 heterocycles. The van der Waals surface area contributed by atoms with Gasteiger partial charge in [-0.1, -0.05) is 18.7 Å². The Balaban J connectivity index is 2.71. The number of nitrogens with zero attached hydrogens (tertiary/aromatic N) is 2. The van der Waals surface area contributed by atoms with Gasteiger partial charge in [-0.25, -0.2) is 4.79 Å². The number of aromatic nitrogens is 2. The van der Waals surface area contributed by atoms with Gasteiger partial charge in [-0.05, 0) is 25.5 Å². The van der Waals surface area contributed by atoms with Crippen LogP contribution in [0.2, 0.25) is 0 Å². The molecule has 0 radical (unpaired) electrons. The van der Waals surface area contributed by atoms with Gasteiger partial charge >= 0.3 is 5.69 Å². The molecule has 1 aromatic carbocycles. The number of halogens is 1. The van der Waals surface area contributed by atoms with Gasteiger partial charge < -0.3 is 0 Å². The summed E-state index contributed by atoms with van der Waals surface area (Å²) in [5, 5.41) is 0. The molecule has 0 aliphatic rings. The summed E-state index contributed by atoms with van der Waals surface area (Å²) < 4.78 is 3.40. The van der Waals surface area contributed by atoms with Gasteiger partial charge in [0.05, 0.1) is 11.0 Å². The van der Waals surface area contributed by atoms with Crippen LogP contribution >= 0.6 is 11.6 Å². The number of hydrogen-bond acceptors (Lipinski definition) is 1. The zero-order valence-corrected chi connectivity index (χ0v) is 10.6. The Morgan fingerprint density at radius 1 is 1.35 bits per heavy atom. The zero-order valence-electron chi connectivity index (χ0n) is 9.82. The highest BCUT2D eigenvalue weighted by atomic mass is 35.5. The van der Waals surface area contributed by atoms with E-state index in [1.165, 1.54) is 0 Å². The van der Waals surface area contributed by atoms with Crippen LogP contribution in [0.4, 0.5) is 0 Å². The number of fused-ring (bicyclic) bond motifs is 1. The summed E-state index contributed by atoms with van der Waals surface area (Å²) in [6.45, 7) is 6.33. The lowest BCUT2D eigenvalue weighted by atomic mass is 10.3. The minimum atomic E-state index is -0.0381. The first-order valence-corrected chi connectivity index (χ1v) is 6.12. The Hall–Kier alpha value is -1.48. The largest absolute Gasteiger partial charge is 0.333 e. The van der Waals surface area contributed by atoms with Crippen LogP contribution in [0, 0.1) is 0 Å². The molecule has 2 rings (SSSR count). The van der Waals surface area contributed by atoms with E-state index >= 15 is 0 Å². The second-order valence-corrected chi connectivity index (χ2v) is 4.41. The quantitative estimate of drug-likeness (QED) is 0.767. The summed E-state index contributed by atoms with van der Waals surface area (Å²) >= 11 is 5.68. The van der Waals surface area contributed by atoms with Crippen LogP contribution in [0.3, 0.4) is 0 Å². The summed E-state index contributed by atoms with van der Waals surface area (Å²) in [5.74, 6) is 0.555. The molecule has 0 unspecified atom stereocenters. The Morgan fingerprint density at radius 3 is 2.59 bits per heavy atom. The van der Waals surface area contributed by atoms with Crippen LogP contribution in [-0.4, -0.2) is 15.0 Å². The molecule has 0 spiro atoms. The molecule has 17 heavy (non-hydrogen) atoms. The molecule has 90 valence electrons. The van der Waals surface area contributed by atoms with Gasteiger partial charge in [-0.2, -0.15) is 0 Å². The van der Waals surface area contributed by atoms with Gasteiger partial charge in [0, 0.05) is 18.1 Å². The minimum Gasteiger partial charge on any atom is -0.292 e. The van der Waals surface area contributed by atoms with Crippen molar-refractivity contribution in [1.82, 2.24) is 9.13 Å². The molecule has 0 fully saturated rings. The van der Waals surface area contributed by atoms with Crippen molar-refractivity contribution >= 4 is 28.3 Å². The molecule has 0 bridgehead atoms. The van der Waals surface area contributed by atoms with E-state index in [-0.39, 0.29) is 5.69 Å². The second kappa shape index (κ2) is 4.80. The number of hydrogen-bond donors (Lipinski definition) is 0. The van der Waals surface area contributed by atoms with Crippen LogP contribution in [-0.2, 0) is 6.54 Å². The summed E-state index contributed by atoms with van der Waals surface area (Å²) in [6.07, 6.45) is 0.783. The Morgan fingerprint density at radius 2 is 2.00 bits per heavy atom. The van der Waals surface area contributed by atoms with Crippen molar-refractivity contribution in [1.29, 1.82) is 0 Å². The molecule has 0 atom stereocenters. The summed E-state index contributed by atoms with van der Waals surface area (Å²) in [7, 11) is 0. The molecule has 0 N–H and O–H groups in total. The van der Waals surface area contributed by atoms with Crippen molar-refractivity contribution in [3.8, 4) is 0 Å². The van der Waals surface area contributed by atoms with Crippen molar-refractivity contribution in [2.45, 2.75) is 19.9 Å². The second-order valence-electron chi connectivity index (χ2n) is 4.04. The third-order valence-electron chi connectivity index (χ3n) is 2.73.